The maximum absolute atomic E-state index is 13.4. The molecule has 4 aromatic rings. The van der Waals surface area contributed by atoms with Crippen LogP contribution in [0.5, 0.6) is 0 Å². The lowest BCUT2D eigenvalue weighted by molar-refractivity contribution is 0.0728. The number of aromatic nitrogens is 1. The Morgan fingerprint density at radius 2 is 1.97 bits per heavy atom. The van der Waals surface area contributed by atoms with Crippen LogP contribution >= 0.6 is 11.3 Å². The molecule has 30 heavy (non-hydrogen) atoms. The van der Waals surface area contributed by atoms with Crippen molar-refractivity contribution < 1.29 is 9.21 Å². The van der Waals surface area contributed by atoms with Crippen LogP contribution in [0.15, 0.2) is 57.9 Å². The predicted octanol–water partition coefficient (Wildman–Crippen LogP) is 5.52. The van der Waals surface area contributed by atoms with Crippen molar-refractivity contribution in [2.45, 2.75) is 40.3 Å². The van der Waals surface area contributed by atoms with Crippen molar-refractivity contribution in [3.8, 4) is 0 Å². The maximum atomic E-state index is 13.4. The van der Waals surface area contributed by atoms with Gasteiger partial charge in [0.1, 0.15) is 5.76 Å². The van der Waals surface area contributed by atoms with Crippen molar-refractivity contribution in [2.75, 3.05) is 6.54 Å². The predicted molar refractivity (Wildman–Crippen MR) is 122 cm³/mol. The van der Waals surface area contributed by atoms with Gasteiger partial charge in [-0.1, -0.05) is 32.0 Å². The normalized spacial score (nSPS) is 11.6. The van der Waals surface area contributed by atoms with Gasteiger partial charge in [-0.3, -0.25) is 9.59 Å². The second-order valence-corrected chi connectivity index (χ2v) is 8.96. The summed E-state index contributed by atoms with van der Waals surface area (Å²) in [5.41, 5.74) is 0.867. The number of aryl methyl sites for hydroxylation is 1. The molecule has 3 heterocycles. The highest BCUT2D eigenvalue weighted by Crippen LogP contribution is 2.31. The highest BCUT2D eigenvalue weighted by Gasteiger charge is 2.22. The van der Waals surface area contributed by atoms with Crippen LogP contribution < -0.4 is 5.56 Å². The van der Waals surface area contributed by atoms with Gasteiger partial charge in [-0.25, -0.2) is 0 Å². The van der Waals surface area contributed by atoms with Gasteiger partial charge in [0, 0.05) is 23.2 Å². The van der Waals surface area contributed by atoms with Gasteiger partial charge in [0.25, 0.3) is 11.5 Å². The fraction of sp³-hybridized carbons (Fsp3) is 0.333. The van der Waals surface area contributed by atoms with Crippen LogP contribution in [0.3, 0.4) is 0 Å². The minimum absolute atomic E-state index is 0.0405. The molecule has 0 aliphatic carbocycles. The molecule has 1 amide bonds. The third-order valence-electron chi connectivity index (χ3n) is 5.36. The van der Waals surface area contributed by atoms with E-state index in [1.165, 1.54) is 11.3 Å². The number of rotatable bonds is 7. The fourth-order valence-electron chi connectivity index (χ4n) is 3.74. The number of carbonyl (C=O) groups excluding carboxylic acids is 1. The van der Waals surface area contributed by atoms with Gasteiger partial charge < -0.3 is 13.9 Å². The first-order valence-corrected chi connectivity index (χ1v) is 11.2. The number of fused-ring (bicyclic) bond motifs is 3. The quantitative estimate of drug-likeness (QED) is 0.394. The largest absolute Gasteiger partial charge is 0.467 e. The summed E-state index contributed by atoms with van der Waals surface area (Å²) in [4.78, 5) is 28.9. The number of hydrogen-bond donors (Lipinski definition) is 0. The molecular formula is C24H26N2O3S. The summed E-state index contributed by atoms with van der Waals surface area (Å²) in [6.07, 6.45) is 2.53. The molecule has 0 saturated heterocycles. The first-order chi connectivity index (χ1) is 14.5. The van der Waals surface area contributed by atoms with E-state index in [0.717, 1.165) is 27.8 Å². The standard InChI is InChI=1S/C24H26N2O3S/c1-4-26-20-10-6-5-9-18(20)22-19(23(26)27)14-21(30-22)24(28)25(12-11-16(2)3)15-17-8-7-13-29-17/h5-10,13-14,16H,4,11-12,15H2,1-3H3. The lowest BCUT2D eigenvalue weighted by Gasteiger charge is -2.22. The summed E-state index contributed by atoms with van der Waals surface area (Å²) in [6, 6.07) is 13.4. The van der Waals surface area contributed by atoms with Crippen LogP contribution in [0.1, 0.15) is 42.6 Å². The molecule has 156 valence electrons. The molecule has 4 rings (SSSR count). The van der Waals surface area contributed by atoms with Crippen molar-refractivity contribution in [3.05, 3.63) is 69.7 Å². The van der Waals surface area contributed by atoms with Crippen LogP contribution in [0.25, 0.3) is 21.0 Å². The topological polar surface area (TPSA) is 55.5 Å². The summed E-state index contributed by atoms with van der Waals surface area (Å²) in [6.45, 7) is 7.92. The Bertz CT molecular complexity index is 1230. The highest BCUT2D eigenvalue weighted by molar-refractivity contribution is 7.21. The van der Waals surface area contributed by atoms with Gasteiger partial charge in [0.2, 0.25) is 0 Å². The Hall–Kier alpha value is -2.86. The number of para-hydroxylation sites is 1. The zero-order valence-corrected chi connectivity index (χ0v) is 18.4. The van der Waals surface area contributed by atoms with E-state index in [1.807, 2.05) is 48.2 Å². The van der Waals surface area contributed by atoms with E-state index in [4.69, 9.17) is 4.42 Å². The Balaban J connectivity index is 1.78. The highest BCUT2D eigenvalue weighted by atomic mass is 32.1. The molecule has 0 radical (unpaired) electrons. The SMILES string of the molecule is CCn1c(=O)c2cc(C(=O)N(CCC(C)C)Cc3ccco3)sc2c2ccccc21. The number of carbonyl (C=O) groups is 1. The van der Waals surface area contributed by atoms with Gasteiger partial charge in [0.05, 0.1) is 28.6 Å². The summed E-state index contributed by atoms with van der Waals surface area (Å²) >= 11 is 1.41. The van der Waals surface area contributed by atoms with E-state index in [-0.39, 0.29) is 11.5 Å². The Morgan fingerprint density at radius 3 is 2.67 bits per heavy atom. The van der Waals surface area contributed by atoms with Crippen LogP contribution in [0.4, 0.5) is 0 Å². The minimum Gasteiger partial charge on any atom is -0.467 e. The number of amides is 1. The zero-order valence-electron chi connectivity index (χ0n) is 17.6. The molecule has 3 aromatic heterocycles. The Labute approximate surface area is 179 Å². The average molecular weight is 423 g/mol. The molecule has 0 aliphatic rings. The molecule has 6 heteroatoms. The monoisotopic (exact) mass is 422 g/mol. The maximum Gasteiger partial charge on any atom is 0.264 e. The number of hydrogen-bond acceptors (Lipinski definition) is 4. The lowest BCUT2D eigenvalue weighted by atomic mass is 10.1. The average Bonchev–Trinajstić information content (AvgIpc) is 3.41. The molecule has 0 N–H and O–H groups in total. The molecular weight excluding hydrogens is 396 g/mol. The van der Waals surface area contributed by atoms with Gasteiger partial charge in [-0.05, 0) is 43.5 Å². The molecule has 0 atom stereocenters. The number of pyridine rings is 1. The molecule has 0 spiro atoms. The van der Waals surface area contributed by atoms with Crippen molar-refractivity contribution in [3.63, 3.8) is 0 Å². The molecule has 0 bridgehead atoms. The zero-order chi connectivity index (χ0) is 21.3. The Morgan fingerprint density at radius 1 is 1.17 bits per heavy atom. The summed E-state index contributed by atoms with van der Waals surface area (Å²) in [7, 11) is 0. The summed E-state index contributed by atoms with van der Waals surface area (Å²) < 4.78 is 8.13. The smallest absolute Gasteiger partial charge is 0.264 e. The first-order valence-electron chi connectivity index (χ1n) is 10.4. The number of furan rings is 1. The van der Waals surface area contributed by atoms with Crippen molar-refractivity contribution in [1.29, 1.82) is 0 Å². The van der Waals surface area contributed by atoms with E-state index in [0.29, 0.717) is 35.8 Å². The van der Waals surface area contributed by atoms with Gasteiger partial charge in [-0.2, -0.15) is 0 Å². The summed E-state index contributed by atoms with van der Waals surface area (Å²) in [5, 5.41) is 1.63. The second kappa shape index (κ2) is 8.48. The van der Waals surface area contributed by atoms with E-state index < -0.39 is 0 Å². The molecule has 0 aliphatic heterocycles. The van der Waals surface area contributed by atoms with Crippen molar-refractivity contribution in [1.82, 2.24) is 9.47 Å². The fourth-order valence-corrected chi connectivity index (χ4v) is 4.89. The van der Waals surface area contributed by atoms with Crippen molar-refractivity contribution in [2.24, 2.45) is 5.92 Å². The van der Waals surface area contributed by atoms with Gasteiger partial charge >= 0.3 is 0 Å². The molecule has 5 nitrogen and oxygen atoms in total. The first kappa shape index (κ1) is 20.4. The lowest BCUT2D eigenvalue weighted by Crippen LogP contribution is -2.31. The Kier molecular flexibility index (Phi) is 5.77. The second-order valence-electron chi connectivity index (χ2n) is 7.91. The molecule has 0 fully saturated rings. The summed E-state index contributed by atoms with van der Waals surface area (Å²) in [5.74, 6) is 1.19. The van der Waals surface area contributed by atoms with Gasteiger partial charge in [-0.15, -0.1) is 11.3 Å². The van der Waals surface area contributed by atoms with Gasteiger partial charge in [0.15, 0.2) is 0 Å². The van der Waals surface area contributed by atoms with Crippen LogP contribution in [0, 0.1) is 5.92 Å². The van der Waals surface area contributed by atoms with Crippen LogP contribution in [-0.2, 0) is 13.1 Å². The number of thiophene rings is 1. The third kappa shape index (κ3) is 3.79. The van der Waals surface area contributed by atoms with E-state index in [1.54, 1.807) is 16.9 Å². The van der Waals surface area contributed by atoms with Crippen molar-refractivity contribution >= 4 is 38.2 Å². The molecule has 0 unspecified atom stereocenters. The van der Waals surface area contributed by atoms with E-state index in [9.17, 15) is 9.59 Å². The van der Waals surface area contributed by atoms with Crippen LogP contribution in [-0.4, -0.2) is 21.9 Å². The van der Waals surface area contributed by atoms with E-state index >= 15 is 0 Å². The number of nitrogens with zero attached hydrogens (tertiary/aromatic N) is 2. The number of benzene rings is 1. The van der Waals surface area contributed by atoms with E-state index in [2.05, 4.69) is 13.8 Å². The molecule has 0 saturated carbocycles. The third-order valence-corrected chi connectivity index (χ3v) is 6.52. The molecule has 1 aromatic carbocycles. The minimum atomic E-state index is -0.0558. The van der Waals surface area contributed by atoms with Crippen LogP contribution in [0.2, 0.25) is 0 Å².